The molecular weight excluding hydrogens is 130 g/mol. The maximum absolute atomic E-state index is 10.5. The van der Waals surface area contributed by atoms with E-state index in [2.05, 4.69) is 0 Å². The molecule has 1 unspecified atom stereocenters. The van der Waals surface area contributed by atoms with Gasteiger partial charge in [-0.1, -0.05) is 6.42 Å². The van der Waals surface area contributed by atoms with Crippen LogP contribution in [0.2, 0.25) is 0 Å². The van der Waals surface area contributed by atoms with Crippen LogP contribution in [0, 0.1) is 17.2 Å². The van der Waals surface area contributed by atoms with Crippen LogP contribution in [0.5, 0.6) is 0 Å². The van der Waals surface area contributed by atoms with Gasteiger partial charge in [-0.25, -0.2) is 0 Å². The van der Waals surface area contributed by atoms with E-state index in [1.54, 1.807) is 0 Å². The van der Waals surface area contributed by atoms with Crippen molar-refractivity contribution in [3.63, 3.8) is 0 Å². The molecule has 1 aliphatic rings. The van der Waals surface area contributed by atoms with Crippen LogP contribution < -0.4 is 0 Å². The highest BCUT2D eigenvalue weighted by atomic mass is 16.4. The third-order valence-corrected chi connectivity index (χ3v) is 2.10. The topological polar surface area (TPSA) is 61.2 Å². The minimum absolute atomic E-state index is 0.00231. The largest absolute Gasteiger partial charge is 0.481 e. The molecule has 2 atom stereocenters. The third-order valence-electron chi connectivity index (χ3n) is 2.10. The third kappa shape index (κ3) is 1.17. The zero-order chi connectivity index (χ0) is 7.56. The van der Waals surface area contributed by atoms with Gasteiger partial charge in [0, 0.05) is 5.92 Å². The average molecular weight is 141 g/mol. The first-order valence-corrected chi connectivity index (χ1v) is 3.49. The summed E-state index contributed by atoms with van der Waals surface area (Å²) in [6.45, 7) is 0. The highest BCUT2D eigenvalue weighted by Gasteiger charge is 2.30. The summed E-state index contributed by atoms with van der Waals surface area (Å²) in [5.41, 5.74) is 0. The van der Waals surface area contributed by atoms with Crippen molar-refractivity contribution in [1.29, 1.82) is 5.41 Å². The van der Waals surface area contributed by atoms with Crippen LogP contribution in [0.3, 0.4) is 0 Å². The van der Waals surface area contributed by atoms with E-state index in [0.717, 1.165) is 19.3 Å². The summed E-state index contributed by atoms with van der Waals surface area (Å²) in [5.74, 6) is -1.03. The van der Waals surface area contributed by atoms with Crippen molar-refractivity contribution in [3.05, 3.63) is 0 Å². The summed E-state index contributed by atoms with van der Waals surface area (Å²) < 4.78 is 0. The monoisotopic (exact) mass is 141 g/mol. The Kier molecular flexibility index (Phi) is 2.04. The molecule has 0 heterocycles. The summed E-state index contributed by atoms with van der Waals surface area (Å²) in [4.78, 5) is 10.5. The van der Waals surface area contributed by atoms with Crippen LogP contribution in [-0.2, 0) is 4.79 Å². The molecule has 0 radical (unpaired) electrons. The Bertz CT molecular complexity index is 156. The van der Waals surface area contributed by atoms with E-state index < -0.39 is 5.97 Å². The van der Waals surface area contributed by atoms with E-state index in [9.17, 15) is 4.79 Å². The van der Waals surface area contributed by atoms with Gasteiger partial charge in [-0.05, 0) is 19.1 Å². The summed E-state index contributed by atoms with van der Waals surface area (Å²) >= 11 is 0. The van der Waals surface area contributed by atoms with Gasteiger partial charge in [-0.3, -0.25) is 4.79 Å². The molecule has 0 aliphatic heterocycles. The van der Waals surface area contributed by atoms with E-state index in [0.29, 0.717) is 0 Å². The average Bonchev–Trinajstić information content (AvgIpc) is 2.33. The van der Waals surface area contributed by atoms with Gasteiger partial charge in [0.05, 0.1) is 5.92 Å². The van der Waals surface area contributed by atoms with Crippen molar-refractivity contribution in [1.82, 2.24) is 0 Å². The number of carboxylic acid groups (broad SMARTS) is 1. The number of carboxylic acids is 1. The van der Waals surface area contributed by atoms with Crippen molar-refractivity contribution >= 4 is 12.2 Å². The number of carbonyl (C=O) groups is 1. The molecule has 56 valence electrons. The number of nitrogens with one attached hydrogen (secondary N) is 1. The first-order chi connectivity index (χ1) is 4.75. The fraction of sp³-hybridized carbons (Fsp3) is 0.714. The standard InChI is InChI=1S/C7H11NO2/c8-4-5-2-1-3-6(5)7(9)10/h4-6,8H,1-3H2,(H,9,10)/t5?,6-/m0/s1. The predicted molar refractivity (Wildman–Crippen MR) is 37.3 cm³/mol. The van der Waals surface area contributed by atoms with Crippen LogP contribution in [0.1, 0.15) is 19.3 Å². The highest BCUT2D eigenvalue weighted by molar-refractivity contribution is 5.76. The van der Waals surface area contributed by atoms with Gasteiger partial charge in [-0.15, -0.1) is 0 Å². The van der Waals surface area contributed by atoms with Gasteiger partial charge in [0.1, 0.15) is 0 Å². The Morgan fingerprint density at radius 2 is 2.30 bits per heavy atom. The summed E-state index contributed by atoms with van der Waals surface area (Å²) in [5, 5.41) is 15.5. The zero-order valence-corrected chi connectivity index (χ0v) is 5.71. The van der Waals surface area contributed by atoms with E-state index in [1.807, 2.05) is 0 Å². The van der Waals surface area contributed by atoms with Crippen LogP contribution in [0.25, 0.3) is 0 Å². The molecule has 0 spiro atoms. The second kappa shape index (κ2) is 2.82. The fourth-order valence-corrected chi connectivity index (χ4v) is 1.49. The lowest BCUT2D eigenvalue weighted by molar-refractivity contribution is -0.142. The van der Waals surface area contributed by atoms with E-state index in [-0.39, 0.29) is 11.8 Å². The van der Waals surface area contributed by atoms with Crippen molar-refractivity contribution in [2.75, 3.05) is 0 Å². The Morgan fingerprint density at radius 3 is 2.70 bits per heavy atom. The summed E-state index contributed by atoms with van der Waals surface area (Å²) in [6.07, 6.45) is 3.85. The Hall–Kier alpha value is -0.860. The van der Waals surface area contributed by atoms with Crippen LogP contribution in [-0.4, -0.2) is 17.3 Å². The SMILES string of the molecule is N=CC1CCC[C@@H]1C(=O)O. The molecule has 1 fully saturated rings. The van der Waals surface area contributed by atoms with Gasteiger partial charge in [-0.2, -0.15) is 0 Å². The highest BCUT2D eigenvalue weighted by Crippen LogP contribution is 2.29. The zero-order valence-electron chi connectivity index (χ0n) is 5.71. The number of hydrogen-bond acceptors (Lipinski definition) is 2. The quantitative estimate of drug-likeness (QED) is 0.566. The summed E-state index contributed by atoms with van der Waals surface area (Å²) in [6, 6.07) is 0. The molecule has 3 nitrogen and oxygen atoms in total. The van der Waals surface area contributed by atoms with Crippen molar-refractivity contribution in [3.8, 4) is 0 Å². The Balaban J connectivity index is 2.58. The molecular formula is C7H11NO2. The van der Waals surface area contributed by atoms with Crippen molar-refractivity contribution in [2.45, 2.75) is 19.3 Å². The fourth-order valence-electron chi connectivity index (χ4n) is 1.49. The van der Waals surface area contributed by atoms with Gasteiger partial charge < -0.3 is 10.5 Å². The van der Waals surface area contributed by atoms with Crippen LogP contribution >= 0.6 is 0 Å². The molecule has 1 rings (SSSR count). The number of hydrogen-bond donors (Lipinski definition) is 2. The maximum atomic E-state index is 10.5. The van der Waals surface area contributed by atoms with E-state index >= 15 is 0 Å². The second-order valence-electron chi connectivity index (χ2n) is 2.71. The smallest absolute Gasteiger partial charge is 0.307 e. The lowest BCUT2D eigenvalue weighted by Gasteiger charge is -2.07. The number of rotatable bonds is 2. The maximum Gasteiger partial charge on any atom is 0.307 e. The van der Waals surface area contributed by atoms with Gasteiger partial charge >= 0.3 is 5.97 Å². The first kappa shape index (κ1) is 7.25. The molecule has 0 saturated heterocycles. The first-order valence-electron chi connectivity index (χ1n) is 3.49. The molecule has 0 aromatic heterocycles. The molecule has 3 heteroatoms. The van der Waals surface area contributed by atoms with Gasteiger partial charge in [0.15, 0.2) is 0 Å². The minimum Gasteiger partial charge on any atom is -0.481 e. The van der Waals surface area contributed by atoms with Gasteiger partial charge in [0.2, 0.25) is 0 Å². The lowest BCUT2D eigenvalue weighted by atomic mass is 9.98. The number of aliphatic carboxylic acids is 1. The molecule has 1 saturated carbocycles. The van der Waals surface area contributed by atoms with Gasteiger partial charge in [0.25, 0.3) is 0 Å². The lowest BCUT2D eigenvalue weighted by Crippen LogP contribution is -2.18. The Labute approximate surface area is 59.6 Å². The predicted octanol–water partition coefficient (Wildman–Crippen LogP) is 1.14. The van der Waals surface area contributed by atoms with Crippen molar-refractivity contribution in [2.24, 2.45) is 11.8 Å². The normalized spacial score (nSPS) is 32.0. The van der Waals surface area contributed by atoms with Crippen LogP contribution in [0.4, 0.5) is 0 Å². The minimum atomic E-state index is -0.744. The molecule has 2 N–H and O–H groups in total. The van der Waals surface area contributed by atoms with E-state index in [1.165, 1.54) is 6.21 Å². The molecule has 0 aromatic rings. The summed E-state index contributed by atoms with van der Waals surface area (Å²) in [7, 11) is 0. The molecule has 1 aliphatic carbocycles. The Morgan fingerprint density at radius 1 is 1.60 bits per heavy atom. The van der Waals surface area contributed by atoms with Crippen molar-refractivity contribution < 1.29 is 9.90 Å². The molecule has 0 bridgehead atoms. The molecule has 0 aromatic carbocycles. The molecule has 0 amide bonds. The second-order valence-corrected chi connectivity index (χ2v) is 2.71. The van der Waals surface area contributed by atoms with Crippen LogP contribution in [0.15, 0.2) is 0 Å². The van der Waals surface area contributed by atoms with E-state index in [4.69, 9.17) is 10.5 Å². The molecule has 10 heavy (non-hydrogen) atoms.